The van der Waals surface area contributed by atoms with E-state index in [-0.39, 0.29) is 0 Å². The van der Waals surface area contributed by atoms with Crippen LogP contribution in [0.1, 0.15) is 5.56 Å². The van der Waals surface area contributed by atoms with Crippen LogP contribution in [-0.4, -0.2) is 72.0 Å². The normalized spacial score (nSPS) is 14.5. The molecular formula is C23H32N4O3. The van der Waals surface area contributed by atoms with Crippen molar-refractivity contribution in [2.45, 2.75) is 6.42 Å². The minimum atomic E-state index is 0.715. The maximum Gasteiger partial charge on any atom is 0.193 e. The number of para-hydroxylation sites is 1. The molecule has 0 radical (unpaired) electrons. The Morgan fingerprint density at radius 1 is 0.933 bits per heavy atom. The molecule has 0 amide bonds. The fourth-order valence-corrected chi connectivity index (χ4v) is 3.77. The lowest BCUT2D eigenvalue weighted by Crippen LogP contribution is -2.52. The Balaban J connectivity index is 1.57. The van der Waals surface area contributed by atoms with Crippen molar-refractivity contribution in [1.29, 1.82) is 0 Å². The van der Waals surface area contributed by atoms with Crippen molar-refractivity contribution in [1.82, 2.24) is 10.2 Å². The van der Waals surface area contributed by atoms with E-state index >= 15 is 0 Å². The average molecular weight is 413 g/mol. The SMILES string of the molecule is CN=C(NCCc1c(OC)cc(OC)cc1OC)N1CCN(c2ccccc2)CC1. The van der Waals surface area contributed by atoms with Gasteiger partial charge in [-0.3, -0.25) is 4.99 Å². The zero-order chi connectivity index (χ0) is 21.3. The fraction of sp³-hybridized carbons (Fsp3) is 0.435. The Morgan fingerprint density at radius 3 is 2.10 bits per heavy atom. The molecule has 1 saturated heterocycles. The van der Waals surface area contributed by atoms with E-state index in [4.69, 9.17) is 14.2 Å². The van der Waals surface area contributed by atoms with Gasteiger partial charge in [-0.2, -0.15) is 0 Å². The van der Waals surface area contributed by atoms with Crippen LogP contribution in [0.15, 0.2) is 47.5 Å². The summed E-state index contributed by atoms with van der Waals surface area (Å²) < 4.78 is 16.4. The molecule has 1 fully saturated rings. The van der Waals surface area contributed by atoms with Crippen molar-refractivity contribution >= 4 is 11.6 Å². The Labute approximate surface area is 179 Å². The van der Waals surface area contributed by atoms with E-state index in [9.17, 15) is 0 Å². The minimum Gasteiger partial charge on any atom is -0.496 e. The van der Waals surface area contributed by atoms with Crippen LogP contribution in [-0.2, 0) is 6.42 Å². The van der Waals surface area contributed by atoms with Gasteiger partial charge in [0, 0.05) is 63.2 Å². The maximum absolute atomic E-state index is 5.55. The second kappa shape index (κ2) is 10.6. The predicted octanol–water partition coefficient (Wildman–Crippen LogP) is 2.65. The van der Waals surface area contributed by atoms with Crippen LogP contribution in [0.5, 0.6) is 17.2 Å². The molecule has 2 aromatic rings. The first-order valence-corrected chi connectivity index (χ1v) is 10.2. The molecule has 1 heterocycles. The van der Waals surface area contributed by atoms with Gasteiger partial charge in [0.05, 0.1) is 21.3 Å². The number of guanidine groups is 1. The van der Waals surface area contributed by atoms with Gasteiger partial charge in [0.25, 0.3) is 0 Å². The van der Waals surface area contributed by atoms with E-state index in [0.717, 1.165) is 62.2 Å². The molecule has 1 N–H and O–H groups in total. The second-order valence-corrected chi connectivity index (χ2v) is 7.04. The lowest BCUT2D eigenvalue weighted by Gasteiger charge is -2.37. The predicted molar refractivity (Wildman–Crippen MR) is 121 cm³/mol. The Bertz CT molecular complexity index is 809. The Hall–Kier alpha value is -3.09. The number of hydrogen-bond donors (Lipinski definition) is 1. The van der Waals surface area contributed by atoms with Gasteiger partial charge in [0.1, 0.15) is 17.2 Å². The summed E-state index contributed by atoms with van der Waals surface area (Å²) in [5.41, 5.74) is 2.29. The van der Waals surface area contributed by atoms with Crippen LogP contribution in [0, 0.1) is 0 Å². The standard InChI is InChI=1S/C23H32N4O3/c1-24-23(27-14-12-26(13-15-27)18-8-6-5-7-9-18)25-11-10-20-21(29-3)16-19(28-2)17-22(20)30-4/h5-9,16-17H,10-15H2,1-4H3,(H,24,25). The highest BCUT2D eigenvalue weighted by Gasteiger charge is 2.20. The highest BCUT2D eigenvalue weighted by molar-refractivity contribution is 5.80. The summed E-state index contributed by atoms with van der Waals surface area (Å²) in [6, 6.07) is 14.3. The van der Waals surface area contributed by atoms with Crippen molar-refractivity contribution in [3.05, 3.63) is 48.0 Å². The van der Waals surface area contributed by atoms with Gasteiger partial charge in [0.15, 0.2) is 5.96 Å². The van der Waals surface area contributed by atoms with E-state index in [1.807, 2.05) is 19.2 Å². The van der Waals surface area contributed by atoms with Gasteiger partial charge < -0.3 is 29.3 Å². The zero-order valence-corrected chi connectivity index (χ0v) is 18.4. The largest absolute Gasteiger partial charge is 0.496 e. The summed E-state index contributed by atoms with van der Waals surface area (Å²) in [6.07, 6.45) is 0.749. The number of hydrogen-bond acceptors (Lipinski definition) is 5. The van der Waals surface area contributed by atoms with Crippen LogP contribution >= 0.6 is 0 Å². The summed E-state index contributed by atoms with van der Waals surface area (Å²) >= 11 is 0. The lowest BCUT2D eigenvalue weighted by molar-refractivity contribution is 0.365. The van der Waals surface area contributed by atoms with Crippen LogP contribution < -0.4 is 24.4 Å². The van der Waals surface area contributed by atoms with Gasteiger partial charge in [-0.25, -0.2) is 0 Å². The topological polar surface area (TPSA) is 58.6 Å². The molecule has 7 heteroatoms. The first kappa shape index (κ1) is 21.6. The van der Waals surface area contributed by atoms with Crippen LogP contribution in [0.25, 0.3) is 0 Å². The third-order valence-electron chi connectivity index (χ3n) is 5.39. The number of anilines is 1. The van der Waals surface area contributed by atoms with Gasteiger partial charge in [-0.05, 0) is 18.6 Å². The molecule has 162 valence electrons. The van der Waals surface area contributed by atoms with E-state index in [1.165, 1.54) is 5.69 Å². The van der Waals surface area contributed by atoms with Gasteiger partial charge in [0.2, 0.25) is 0 Å². The molecule has 0 aromatic heterocycles. The monoisotopic (exact) mass is 412 g/mol. The Kier molecular flexibility index (Phi) is 7.65. The number of nitrogens with zero attached hydrogens (tertiary/aromatic N) is 3. The molecule has 30 heavy (non-hydrogen) atoms. The summed E-state index contributed by atoms with van der Waals surface area (Å²) in [6.45, 7) is 4.55. The second-order valence-electron chi connectivity index (χ2n) is 7.04. The van der Waals surface area contributed by atoms with Crippen LogP contribution in [0.3, 0.4) is 0 Å². The minimum absolute atomic E-state index is 0.715. The van der Waals surface area contributed by atoms with Crippen LogP contribution in [0.4, 0.5) is 5.69 Å². The van der Waals surface area contributed by atoms with Crippen molar-refractivity contribution in [2.24, 2.45) is 4.99 Å². The fourth-order valence-electron chi connectivity index (χ4n) is 3.77. The highest BCUT2D eigenvalue weighted by atomic mass is 16.5. The van der Waals surface area contributed by atoms with Crippen molar-refractivity contribution in [3.8, 4) is 17.2 Å². The smallest absolute Gasteiger partial charge is 0.193 e. The van der Waals surface area contributed by atoms with Gasteiger partial charge >= 0.3 is 0 Å². The number of benzene rings is 2. The molecule has 0 atom stereocenters. The molecule has 0 aliphatic carbocycles. The van der Waals surface area contributed by atoms with Crippen LogP contribution in [0.2, 0.25) is 0 Å². The summed E-state index contributed by atoms with van der Waals surface area (Å²) in [7, 11) is 6.80. The van der Waals surface area contributed by atoms with Gasteiger partial charge in [-0.15, -0.1) is 0 Å². The maximum atomic E-state index is 5.55. The number of piperazine rings is 1. The molecule has 1 aliphatic heterocycles. The van der Waals surface area contributed by atoms with E-state index in [0.29, 0.717) is 5.75 Å². The zero-order valence-electron chi connectivity index (χ0n) is 18.4. The first-order valence-electron chi connectivity index (χ1n) is 10.2. The molecular weight excluding hydrogens is 380 g/mol. The number of methoxy groups -OCH3 is 3. The molecule has 0 spiro atoms. The van der Waals surface area contributed by atoms with Crippen molar-refractivity contribution in [3.63, 3.8) is 0 Å². The highest BCUT2D eigenvalue weighted by Crippen LogP contribution is 2.34. The van der Waals surface area contributed by atoms with Crippen molar-refractivity contribution < 1.29 is 14.2 Å². The number of nitrogens with one attached hydrogen (secondary N) is 1. The molecule has 7 nitrogen and oxygen atoms in total. The first-order chi connectivity index (χ1) is 14.7. The van der Waals surface area contributed by atoms with Crippen molar-refractivity contribution in [2.75, 3.05) is 66.0 Å². The quantitative estimate of drug-likeness (QED) is 0.557. The van der Waals surface area contributed by atoms with Gasteiger partial charge in [-0.1, -0.05) is 18.2 Å². The number of aliphatic imine (C=N–C) groups is 1. The summed E-state index contributed by atoms with van der Waals surface area (Å²) in [5, 5.41) is 3.49. The molecule has 2 aromatic carbocycles. The molecule has 3 rings (SSSR count). The summed E-state index contributed by atoms with van der Waals surface area (Å²) in [5.74, 6) is 3.17. The lowest BCUT2D eigenvalue weighted by atomic mass is 10.1. The van der Waals surface area contributed by atoms with E-state index in [2.05, 4.69) is 50.4 Å². The van der Waals surface area contributed by atoms with E-state index < -0.39 is 0 Å². The molecule has 0 unspecified atom stereocenters. The molecule has 0 bridgehead atoms. The molecule has 0 saturated carbocycles. The number of rotatable bonds is 7. The van der Waals surface area contributed by atoms with E-state index in [1.54, 1.807) is 21.3 Å². The average Bonchev–Trinajstić information content (AvgIpc) is 2.82. The third kappa shape index (κ3) is 5.09. The number of ether oxygens (including phenoxy) is 3. The Morgan fingerprint density at radius 2 is 1.57 bits per heavy atom. The molecule has 1 aliphatic rings. The summed E-state index contributed by atoms with van der Waals surface area (Å²) in [4.78, 5) is 9.20. The third-order valence-corrected chi connectivity index (χ3v) is 5.39.